The maximum atomic E-state index is 12.1. The third-order valence-corrected chi connectivity index (χ3v) is 3.99. The van der Waals surface area contributed by atoms with E-state index < -0.39 is 0 Å². The number of nitrogens with zero attached hydrogens (tertiary/aromatic N) is 1. The lowest BCUT2D eigenvalue weighted by molar-refractivity contribution is -0.117. The minimum atomic E-state index is -0.381. The number of nitrogens with one attached hydrogen (secondary N) is 2. The molecule has 1 fully saturated rings. The quantitative estimate of drug-likeness (QED) is 0.644. The van der Waals surface area contributed by atoms with Gasteiger partial charge in [0.2, 0.25) is 0 Å². The zero-order chi connectivity index (χ0) is 17.6. The second-order valence-electron chi connectivity index (χ2n) is 6.95. The van der Waals surface area contributed by atoms with Crippen LogP contribution >= 0.6 is 0 Å². The minimum Gasteiger partial charge on any atom is -0.376 e. The fraction of sp³-hybridized carbons (Fsp3) is 0.474. The molecule has 2 rings (SSSR count). The largest absolute Gasteiger partial charge is 0.376 e. The first-order valence-corrected chi connectivity index (χ1v) is 8.28. The van der Waals surface area contributed by atoms with Crippen molar-refractivity contribution >= 4 is 11.6 Å². The molecule has 1 aromatic rings. The van der Waals surface area contributed by atoms with Crippen molar-refractivity contribution < 1.29 is 9.53 Å². The van der Waals surface area contributed by atoms with Crippen molar-refractivity contribution in [3.05, 3.63) is 41.6 Å². The van der Waals surface area contributed by atoms with Crippen LogP contribution in [0.15, 0.2) is 36.0 Å². The number of hydrogen-bond donors (Lipinski definition) is 2. The predicted octanol–water partition coefficient (Wildman–Crippen LogP) is 3.10. The maximum absolute atomic E-state index is 12.1. The highest BCUT2D eigenvalue weighted by Gasteiger charge is 2.19. The first-order chi connectivity index (χ1) is 11.4. The highest BCUT2D eigenvalue weighted by molar-refractivity contribution is 5.97. The minimum absolute atomic E-state index is 0.0354. The van der Waals surface area contributed by atoms with Gasteiger partial charge < -0.3 is 15.4 Å². The molecule has 0 spiro atoms. The molecule has 1 heterocycles. The van der Waals surface area contributed by atoms with E-state index in [1.54, 1.807) is 0 Å². The van der Waals surface area contributed by atoms with E-state index in [4.69, 9.17) is 4.74 Å². The van der Waals surface area contributed by atoms with Crippen LogP contribution in [0.5, 0.6) is 0 Å². The van der Waals surface area contributed by atoms with Gasteiger partial charge in [-0.3, -0.25) is 4.79 Å². The zero-order valence-electron chi connectivity index (χ0n) is 14.6. The summed E-state index contributed by atoms with van der Waals surface area (Å²) >= 11 is 0. The highest BCUT2D eigenvalue weighted by Crippen LogP contribution is 2.29. The van der Waals surface area contributed by atoms with Gasteiger partial charge in [0.1, 0.15) is 11.6 Å². The summed E-state index contributed by atoms with van der Waals surface area (Å²) in [5.74, 6) is -0.381. The molecule has 0 aliphatic carbocycles. The number of para-hydroxylation sites is 1. The zero-order valence-corrected chi connectivity index (χ0v) is 14.6. The van der Waals surface area contributed by atoms with Crippen LogP contribution in [0.4, 0.5) is 5.69 Å². The van der Waals surface area contributed by atoms with Gasteiger partial charge in [-0.25, -0.2) is 0 Å². The van der Waals surface area contributed by atoms with Crippen molar-refractivity contribution in [2.24, 2.45) is 0 Å². The Morgan fingerprint density at radius 2 is 2.17 bits per heavy atom. The highest BCUT2D eigenvalue weighted by atomic mass is 16.5. The molecule has 1 aliphatic rings. The first-order valence-electron chi connectivity index (χ1n) is 8.28. The molecule has 5 heteroatoms. The molecule has 1 aromatic carbocycles. The smallest absolute Gasteiger partial charge is 0.263 e. The van der Waals surface area contributed by atoms with E-state index in [0.717, 1.165) is 30.7 Å². The number of amides is 1. The van der Waals surface area contributed by atoms with Crippen LogP contribution in [0, 0.1) is 11.3 Å². The number of benzene rings is 1. The van der Waals surface area contributed by atoms with Gasteiger partial charge in [-0.1, -0.05) is 39.0 Å². The lowest BCUT2D eigenvalue weighted by atomic mass is 9.86. The summed E-state index contributed by atoms with van der Waals surface area (Å²) in [4.78, 5) is 12.1. The molecule has 0 saturated carbocycles. The average Bonchev–Trinajstić information content (AvgIpc) is 3.06. The van der Waals surface area contributed by atoms with Crippen LogP contribution in [0.2, 0.25) is 0 Å². The summed E-state index contributed by atoms with van der Waals surface area (Å²) in [6, 6.07) is 9.84. The molecule has 0 aromatic heterocycles. The molecule has 24 heavy (non-hydrogen) atoms. The van der Waals surface area contributed by atoms with E-state index in [9.17, 15) is 10.1 Å². The molecule has 1 unspecified atom stereocenters. The van der Waals surface area contributed by atoms with Crippen molar-refractivity contribution in [2.45, 2.75) is 45.1 Å². The van der Waals surface area contributed by atoms with E-state index >= 15 is 0 Å². The normalized spacial score (nSPS) is 18.1. The molecule has 1 atom stereocenters. The molecule has 0 bridgehead atoms. The molecule has 128 valence electrons. The standard InChI is InChI=1S/C19H25N3O2/c1-19(2,3)16-8-4-5-9-17(16)21-12-14(11-20)18(23)22-13-15-7-6-10-24-15/h4-5,8-9,12,15,21H,6-7,10,13H2,1-3H3,(H,22,23)/b14-12-. The van der Waals surface area contributed by atoms with Gasteiger partial charge in [0.05, 0.1) is 6.10 Å². The lowest BCUT2D eigenvalue weighted by Crippen LogP contribution is -2.32. The Kier molecular flexibility index (Phi) is 5.99. The molecule has 5 nitrogen and oxygen atoms in total. The first kappa shape index (κ1) is 18.0. The summed E-state index contributed by atoms with van der Waals surface area (Å²) in [5.41, 5.74) is 2.03. The number of ether oxygens (including phenoxy) is 1. The van der Waals surface area contributed by atoms with E-state index in [-0.39, 0.29) is 23.0 Å². The van der Waals surface area contributed by atoms with Gasteiger partial charge in [-0.05, 0) is 29.9 Å². The number of nitriles is 1. The molecule has 0 radical (unpaired) electrons. The molecular weight excluding hydrogens is 302 g/mol. The summed E-state index contributed by atoms with van der Waals surface area (Å²) < 4.78 is 5.47. The summed E-state index contributed by atoms with van der Waals surface area (Å²) in [5, 5.41) is 15.1. The Balaban J connectivity index is 2.03. The second-order valence-corrected chi connectivity index (χ2v) is 6.95. The van der Waals surface area contributed by atoms with Gasteiger partial charge in [-0.2, -0.15) is 5.26 Å². The van der Waals surface area contributed by atoms with Crippen LogP contribution < -0.4 is 10.6 Å². The van der Waals surface area contributed by atoms with Gasteiger partial charge in [-0.15, -0.1) is 0 Å². The van der Waals surface area contributed by atoms with Crippen LogP contribution in [-0.2, 0) is 14.9 Å². The van der Waals surface area contributed by atoms with Crippen LogP contribution in [0.25, 0.3) is 0 Å². The number of hydrogen-bond acceptors (Lipinski definition) is 4. The number of anilines is 1. The Labute approximate surface area is 143 Å². The van der Waals surface area contributed by atoms with Crippen molar-refractivity contribution in [3.63, 3.8) is 0 Å². The van der Waals surface area contributed by atoms with E-state index in [1.807, 2.05) is 30.3 Å². The Morgan fingerprint density at radius 1 is 1.42 bits per heavy atom. The van der Waals surface area contributed by atoms with Crippen LogP contribution in [-0.4, -0.2) is 25.2 Å². The molecule has 1 amide bonds. The number of carbonyl (C=O) groups is 1. The van der Waals surface area contributed by atoms with Gasteiger partial charge in [0.15, 0.2) is 0 Å². The number of rotatable bonds is 5. The monoisotopic (exact) mass is 327 g/mol. The average molecular weight is 327 g/mol. The van der Waals surface area contributed by atoms with Crippen molar-refractivity contribution in [1.82, 2.24) is 5.32 Å². The van der Waals surface area contributed by atoms with Gasteiger partial charge in [0.25, 0.3) is 5.91 Å². The topological polar surface area (TPSA) is 74.2 Å². The Morgan fingerprint density at radius 3 is 2.79 bits per heavy atom. The lowest BCUT2D eigenvalue weighted by Gasteiger charge is -2.22. The van der Waals surface area contributed by atoms with E-state index in [2.05, 4.69) is 31.4 Å². The third kappa shape index (κ3) is 4.84. The van der Waals surface area contributed by atoms with Crippen molar-refractivity contribution in [1.29, 1.82) is 5.26 Å². The SMILES string of the molecule is CC(C)(C)c1ccccc1N/C=C(/C#N)C(=O)NCC1CCCO1. The summed E-state index contributed by atoms with van der Waals surface area (Å²) in [7, 11) is 0. The van der Waals surface area contributed by atoms with Crippen molar-refractivity contribution in [2.75, 3.05) is 18.5 Å². The summed E-state index contributed by atoms with van der Waals surface area (Å²) in [6.45, 7) is 7.55. The Hall–Kier alpha value is -2.32. The maximum Gasteiger partial charge on any atom is 0.263 e. The van der Waals surface area contributed by atoms with E-state index in [1.165, 1.54) is 6.20 Å². The predicted molar refractivity (Wildman–Crippen MR) is 94.4 cm³/mol. The van der Waals surface area contributed by atoms with Crippen LogP contribution in [0.1, 0.15) is 39.2 Å². The summed E-state index contributed by atoms with van der Waals surface area (Å²) in [6.07, 6.45) is 3.49. The van der Waals surface area contributed by atoms with E-state index in [0.29, 0.717) is 6.54 Å². The number of carbonyl (C=O) groups excluding carboxylic acids is 1. The van der Waals surface area contributed by atoms with Crippen LogP contribution in [0.3, 0.4) is 0 Å². The third-order valence-electron chi connectivity index (χ3n) is 3.99. The van der Waals surface area contributed by atoms with Gasteiger partial charge >= 0.3 is 0 Å². The second kappa shape index (κ2) is 7.98. The fourth-order valence-corrected chi connectivity index (χ4v) is 2.67. The van der Waals surface area contributed by atoms with Gasteiger partial charge in [0, 0.05) is 25.0 Å². The molecular formula is C19H25N3O2. The van der Waals surface area contributed by atoms with Crippen molar-refractivity contribution in [3.8, 4) is 6.07 Å². The molecule has 1 aliphatic heterocycles. The molecule has 2 N–H and O–H groups in total. The molecule has 1 saturated heterocycles. The Bertz CT molecular complexity index is 647. The fourth-order valence-electron chi connectivity index (χ4n) is 2.67.